The number of anilines is 1. The summed E-state index contributed by atoms with van der Waals surface area (Å²) in [5.74, 6) is -1.31. The van der Waals surface area contributed by atoms with E-state index in [0.29, 0.717) is 12.4 Å². The molecule has 10 heteroatoms. The summed E-state index contributed by atoms with van der Waals surface area (Å²) in [6.07, 6.45) is 3.11. The number of sulfonamides is 1. The summed E-state index contributed by atoms with van der Waals surface area (Å²) in [5.41, 5.74) is -6.94. The third kappa shape index (κ3) is 1.98. The van der Waals surface area contributed by atoms with E-state index in [4.69, 9.17) is 0 Å². The summed E-state index contributed by atoms with van der Waals surface area (Å²) in [4.78, 5) is 13.7. The lowest BCUT2D eigenvalue weighted by Crippen LogP contribution is -2.41. The van der Waals surface area contributed by atoms with Crippen molar-refractivity contribution in [3.8, 4) is 0 Å². The largest absolute Gasteiger partial charge is 0.517 e. The van der Waals surface area contributed by atoms with Crippen molar-refractivity contribution in [3.63, 3.8) is 0 Å². The standard InChI is InChI=1S/C14H10F4N2O3S/c1-19-10-4-2-3-9(15)11(10)13(12(19)21)5-7-20(8-6-13)24(22,23)14(16,17)18/h2-8H,1H3. The average molecular weight is 362 g/mol. The topological polar surface area (TPSA) is 57.7 Å². The molecule has 0 atom stereocenters. The van der Waals surface area contributed by atoms with Crippen molar-refractivity contribution in [1.29, 1.82) is 0 Å². The monoisotopic (exact) mass is 362 g/mol. The Balaban J connectivity index is 2.11. The molecule has 0 fully saturated rings. The second kappa shape index (κ2) is 4.82. The van der Waals surface area contributed by atoms with Gasteiger partial charge in [0.05, 0.1) is 5.69 Å². The van der Waals surface area contributed by atoms with Gasteiger partial charge in [-0.25, -0.2) is 8.70 Å². The fourth-order valence-electron chi connectivity index (χ4n) is 2.77. The number of benzene rings is 1. The zero-order chi connectivity index (χ0) is 17.9. The lowest BCUT2D eigenvalue weighted by atomic mass is 9.80. The number of amides is 1. The molecule has 5 nitrogen and oxygen atoms in total. The first-order valence-electron chi connectivity index (χ1n) is 6.58. The van der Waals surface area contributed by atoms with E-state index in [0.717, 1.165) is 18.2 Å². The smallest absolute Gasteiger partial charge is 0.314 e. The highest BCUT2D eigenvalue weighted by Crippen LogP contribution is 2.46. The minimum Gasteiger partial charge on any atom is -0.314 e. The second-order valence-electron chi connectivity index (χ2n) is 5.28. The minimum atomic E-state index is -5.62. The summed E-state index contributed by atoms with van der Waals surface area (Å²) >= 11 is 0. The minimum absolute atomic E-state index is 0.0333. The Morgan fingerprint density at radius 1 is 1.12 bits per heavy atom. The highest BCUT2D eigenvalue weighted by molar-refractivity contribution is 7.90. The molecule has 2 aliphatic rings. The summed E-state index contributed by atoms with van der Waals surface area (Å²) in [7, 11) is -4.22. The maximum atomic E-state index is 14.2. The van der Waals surface area contributed by atoms with Crippen molar-refractivity contribution in [1.82, 2.24) is 4.31 Å². The van der Waals surface area contributed by atoms with Gasteiger partial charge in [0.2, 0.25) is 5.91 Å². The Morgan fingerprint density at radius 2 is 1.71 bits per heavy atom. The van der Waals surface area contributed by atoms with Gasteiger partial charge in [-0.2, -0.15) is 21.6 Å². The first-order valence-corrected chi connectivity index (χ1v) is 8.02. The Hall–Kier alpha value is -2.36. The molecule has 128 valence electrons. The van der Waals surface area contributed by atoms with E-state index >= 15 is 0 Å². The SMILES string of the molecule is CN1C(=O)C2(C=CN(S(=O)(=O)C(F)(F)F)C=C2)c2c(F)cccc21. The summed E-state index contributed by atoms with van der Waals surface area (Å²) in [6.45, 7) is 0. The molecule has 0 aliphatic carbocycles. The molecule has 24 heavy (non-hydrogen) atoms. The highest BCUT2D eigenvalue weighted by Gasteiger charge is 2.53. The fourth-order valence-corrected chi connectivity index (χ4v) is 3.45. The molecule has 2 aliphatic heterocycles. The van der Waals surface area contributed by atoms with Gasteiger partial charge in [-0.15, -0.1) is 0 Å². The molecule has 3 rings (SSSR count). The van der Waals surface area contributed by atoms with Crippen molar-refractivity contribution in [2.75, 3.05) is 11.9 Å². The number of carbonyl (C=O) groups excluding carboxylic acids is 1. The van der Waals surface area contributed by atoms with Crippen LogP contribution < -0.4 is 4.90 Å². The molecular weight excluding hydrogens is 352 g/mol. The first kappa shape index (κ1) is 16.5. The van der Waals surface area contributed by atoms with Gasteiger partial charge in [0.15, 0.2) is 0 Å². The van der Waals surface area contributed by atoms with Crippen LogP contribution in [-0.2, 0) is 20.2 Å². The highest BCUT2D eigenvalue weighted by atomic mass is 32.2. The first-order chi connectivity index (χ1) is 11.0. The Labute approximate surface area is 134 Å². The van der Waals surface area contributed by atoms with Crippen LogP contribution in [0.3, 0.4) is 0 Å². The van der Waals surface area contributed by atoms with Gasteiger partial charge < -0.3 is 4.90 Å². The van der Waals surface area contributed by atoms with Crippen LogP contribution in [-0.4, -0.2) is 31.2 Å². The summed E-state index contributed by atoms with van der Waals surface area (Å²) < 4.78 is 74.8. The summed E-state index contributed by atoms with van der Waals surface area (Å²) in [6, 6.07) is 4.01. The molecule has 0 aromatic heterocycles. The van der Waals surface area contributed by atoms with Gasteiger partial charge in [-0.05, 0) is 24.3 Å². The number of hydrogen-bond donors (Lipinski definition) is 0. The quantitative estimate of drug-likeness (QED) is 0.720. The van der Waals surface area contributed by atoms with Gasteiger partial charge in [0, 0.05) is 25.0 Å². The third-order valence-electron chi connectivity index (χ3n) is 3.96. The molecule has 1 aromatic rings. The number of hydrogen-bond acceptors (Lipinski definition) is 3. The van der Waals surface area contributed by atoms with E-state index < -0.39 is 32.7 Å². The van der Waals surface area contributed by atoms with E-state index in [9.17, 15) is 30.8 Å². The van der Waals surface area contributed by atoms with Crippen LogP contribution >= 0.6 is 0 Å². The molecule has 1 amide bonds. The van der Waals surface area contributed by atoms with Crippen LogP contribution in [0.25, 0.3) is 0 Å². The Bertz CT molecular complexity index is 876. The zero-order valence-electron chi connectivity index (χ0n) is 12.1. The van der Waals surface area contributed by atoms with Crippen molar-refractivity contribution < 1.29 is 30.8 Å². The van der Waals surface area contributed by atoms with Crippen molar-refractivity contribution in [2.45, 2.75) is 10.9 Å². The number of fused-ring (bicyclic) bond motifs is 2. The van der Waals surface area contributed by atoms with Crippen LogP contribution in [0.1, 0.15) is 5.56 Å². The molecular formula is C14H10F4N2O3S. The van der Waals surface area contributed by atoms with E-state index in [-0.39, 0.29) is 15.6 Å². The van der Waals surface area contributed by atoms with Gasteiger partial charge in [-0.3, -0.25) is 4.79 Å². The van der Waals surface area contributed by atoms with Gasteiger partial charge in [0.25, 0.3) is 0 Å². The van der Waals surface area contributed by atoms with Crippen LogP contribution in [0.2, 0.25) is 0 Å². The normalized spacial score (nSPS) is 19.3. The molecule has 2 heterocycles. The number of halogens is 4. The summed E-state index contributed by atoms with van der Waals surface area (Å²) in [5, 5.41) is 0. The number of carbonyl (C=O) groups is 1. The molecule has 0 N–H and O–H groups in total. The molecule has 1 aromatic carbocycles. The number of nitrogens with zero attached hydrogens (tertiary/aromatic N) is 2. The van der Waals surface area contributed by atoms with Gasteiger partial charge >= 0.3 is 15.5 Å². The fraction of sp³-hybridized carbons (Fsp3) is 0.214. The van der Waals surface area contributed by atoms with Gasteiger partial charge in [-0.1, -0.05) is 6.07 Å². The maximum Gasteiger partial charge on any atom is 0.517 e. The Morgan fingerprint density at radius 3 is 2.25 bits per heavy atom. The van der Waals surface area contributed by atoms with E-state index in [2.05, 4.69) is 0 Å². The van der Waals surface area contributed by atoms with Crippen molar-refractivity contribution >= 4 is 21.6 Å². The maximum absolute atomic E-state index is 14.2. The molecule has 0 saturated heterocycles. The zero-order valence-corrected chi connectivity index (χ0v) is 12.9. The van der Waals surface area contributed by atoms with Crippen molar-refractivity contribution in [2.24, 2.45) is 0 Å². The average Bonchev–Trinajstić information content (AvgIpc) is 2.71. The lowest BCUT2D eigenvalue weighted by molar-refractivity contribution is -0.120. The Kier molecular flexibility index (Phi) is 3.31. The van der Waals surface area contributed by atoms with Crippen LogP contribution in [0.4, 0.5) is 23.2 Å². The van der Waals surface area contributed by atoms with E-state index in [1.54, 1.807) is 0 Å². The molecule has 1 spiro atoms. The third-order valence-corrected chi connectivity index (χ3v) is 5.35. The van der Waals surface area contributed by atoms with Crippen molar-refractivity contribution in [3.05, 3.63) is 54.1 Å². The number of rotatable bonds is 1. The molecule has 0 saturated carbocycles. The molecule has 0 radical (unpaired) electrons. The second-order valence-corrected chi connectivity index (χ2v) is 7.11. The number of alkyl halides is 3. The van der Waals surface area contributed by atoms with E-state index in [1.165, 1.54) is 24.1 Å². The van der Waals surface area contributed by atoms with E-state index in [1.807, 2.05) is 0 Å². The van der Waals surface area contributed by atoms with Crippen LogP contribution in [0.15, 0.2) is 42.8 Å². The molecule has 0 bridgehead atoms. The van der Waals surface area contributed by atoms with Gasteiger partial charge in [0.1, 0.15) is 11.2 Å². The predicted octanol–water partition coefficient (Wildman–Crippen LogP) is 2.23. The van der Waals surface area contributed by atoms with Crippen LogP contribution in [0.5, 0.6) is 0 Å². The lowest BCUT2D eigenvalue weighted by Gasteiger charge is -2.28. The number of likely N-dealkylation sites (N-methyl/N-ethyl adjacent to an activating group) is 1. The van der Waals surface area contributed by atoms with Crippen LogP contribution in [0, 0.1) is 5.82 Å². The molecule has 0 unspecified atom stereocenters. The predicted molar refractivity (Wildman–Crippen MR) is 76.6 cm³/mol.